The van der Waals surface area contributed by atoms with Gasteiger partial charge in [-0.3, -0.25) is 9.59 Å². The minimum absolute atomic E-state index is 0.302. The normalized spacial score (nSPS) is 13.5. The van der Waals surface area contributed by atoms with Crippen LogP contribution in [0.5, 0.6) is 5.75 Å². The number of carbonyl (C=O) groups is 2. The molecule has 156 valence electrons. The Morgan fingerprint density at radius 1 is 0.871 bits per heavy atom. The van der Waals surface area contributed by atoms with E-state index in [1.807, 2.05) is 50.2 Å². The molecule has 0 saturated carbocycles. The molecule has 0 radical (unpaired) electrons. The Hall–Kier alpha value is -3.64. The van der Waals surface area contributed by atoms with Gasteiger partial charge in [-0.2, -0.15) is 0 Å². The predicted octanol–water partition coefficient (Wildman–Crippen LogP) is 4.82. The van der Waals surface area contributed by atoms with Gasteiger partial charge < -0.3 is 14.0 Å². The topological polar surface area (TPSA) is 60.8 Å². The second-order valence-corrected chi connectivity index (χ2v) is 7.81. The van der Waals surface area contributed by atoms with Gasteiger partial charge in [-0.05, 0) is 55.3 Å². The van der Waals surface area contributed by atoms with Crippen LogP contribution in [-0.4, -0.2) is 30.6 Å². The molecular formula is C25H22N2O4. The fourth-order valence-electron chi connectivity index (χ4n) is 4.73. The summed E-state index contributed by atoms with van der Waals surface area (Å²) in [6, 6.07) is 14.7. The minimum Gasteiger partial charge on any atom is -0.497 e. The highest BCUT2D eigenvalue weighted by molar-refractivity contribution is 6.39. The molecule has 0 fully saturated rings. The summed E-state index contributed by atoms with van der Waals surface area (Å²) in [5.74, 6) is 0.0880. The van der Waals surface area contributed by atoms with Crippen LogP contribution in [0.4, 0.5) is 5.69 Å². The molecule has 2 amide bonds. The number of nitrogens with zero attached hydrogens (tertiary/aromatic N) is 2. The van der Waals surface area contributed by atoms with E-state index in [1.165, 1.54) is 4.90 Å². The molecule has 0 saturated heterocycles. The van der Waals surface area contributed by atoms with Crippen molar-refractivity contribution < 1.29 is 19.1 Å². The van der Waals surface area contributed by atoms with E-state index in [0.29, 0.717) is 29.3 Å². The number of amides is 2. The maximum absolute atomic E-state index is 13.6. The lowest BCUT2D eigenvalue weighted by atomic mass is 9.98. The lowest BCUT2D eigenvalue weighted by molar-refractivity contribution is 0.0926. The summed E-state index contributed by atoms with van der Waals surface area (Å²) >= 11 is 0. The molecule has 3 aromatic carbocycles. The lowest BCUT2D eigenvalue weighted by Crippen LogP contribution is -2.29. The largest absolute Gasteiger partial charge is 0.497 e. The van der Waals surface area contributed by atoms with E-state index in [1.54, 1.807) is 26.4 Å². The first-order chi connectivity index (χ1) is 15.0. The molecule has 1 aliphatic heterocycles. The third-order valence-electron chi connectivity index (χ3n) is 5.93. The summed E-state index contributed by atoms with van der Waals surface area (Å²) < 4.78 is 13.1. The van der Waals surface area contributed by atoms with Crippen LogP contribution in [0.1, 0.15) is 31.8 Å². The van der Waals surface area contributed by atoms with Gasteiger partial charge in [-0.25, -0.2) is 4.90 Å². The number of methoxy groups -OCH3 is 2. The second-order valence-electron chi connectivity index (χ2n) is 7.81. The highest BCUT2D eigenvalue weighted by Crippen LogP contribution is 2.42. The average Bonchev–Trinajstić information content (AvgIpc) is 3.21. The fourth-order valence-corrected chi connectivity index (χ4v) is 4.73. The quantitative estimate of drug-likeness (QED) is 0.449. The molecule has 6 heteroatoms. The summed E-state index contributed by atoms with van der Waals surface area (Å²) in [5.41, 5.74) is 5.20. The summed E-state index contributed by atoms with van der Waals surface area (Å²) in [7, 11) is 3.27. The molecule has 2 heterocycles. The first kappa shape index (κ1) is 19.3. The number of benzene rings is 3. The van der Waals surface area contributed by atoms with Crippen LogP contribution in [0.2, 0.25) is 0 Å². The van der Waals surface area contributed by atoms with Gasteiger partial charge in [0.1, 0.15) is 12.5 Å². The van der Waals surface area contributed by atoms with E-state index < -0.39 is 0 Å². The van der Waals surface area contributed by atoms with Crippen LogP contribution in [-0.2, 0) is 11.5 Å². The van der Waals surface area contributed by atoms with Gasteiger partial charge in [0.05, 0.1) is 35.0 Å². The SMILES string of the molecule is COCn1c2c(C)cc(OC)cc2c2c3c(cc(C)c21)C(=O)N(c1ccccc1)C3=O. The van der Waals surface area contributed by atoms with Crippen LogP contribution in [0.15, 0.2) is 48.5 Å². The van der Waals surface area contributed by atoms with E-state index in [2.05, 4.69) is 4.57 Å². The number of ether oxygens (including phenoxy) is 2. The Balaban J connectivity index is 1.92. The Morgan fingerprint density at radius 3 is 2.26 bits per heavy atom. The van der Waals surface area contributed by atoms with Crippen molar-refractivity contribution in [1.29, 1.82) is 0 Å². The summed E-state index contributed by atoms with van der Waals surface area (Å²) in [6.07, 6.45) is 0. The first-order valence-corrected chi connectivity index (χ1v) is 10.0. The molecule has 1 aliphatic rings. The molecular weight excluding hydrogens is 392 g/mol. The average molecular weight is 414 g/mol. The van der Waals surface area contributed by atoms with Gasteiger partial charge in [0, 0.05) is 17.9 Å². The van der Waals surface area contributed by atoms with Gasteiger partial charge in [-0.15, -0.1) is 0 Å². The molecule has 6 nitrogen and oxygen atoms in total. The lowest BCUT2D eigenvalue weighted by Gasteiger charge is -2.13. The number of para-hydroxylation sites is 1. The highest BCUT2D eigenvalue weighted by Gasteiger charge is 2.40. The smallest absolute Gasteiger partial charge is 0.266 e. The number of imide groups is 1. The van der Waals surface area contributed by atoms with Gasteiger partial charge in [-0.1, -0.05) is 18.2 Å². The molecule has 0 aliphatic carbocycles. The predicted molar refractivity (Wildman–Crippen MR) is 120 cm³/mol. The Kier molecular flexibility index (Phi) is 4.34. The van der Waals surface area contributed by atoms with Crippen molar-refractivity contribution in [1.82, 2.24) is 4.57 Å². The Labute approximate surface area is 179 Å². The van der Waals surface area contributed by atoms with E-state index in [-0.39, 0.29) is 11.8 Å². The summed E-state index contributed by atoms with van der Waals surface area (Å²) in [5, 5.41) is 1.64. The zero-order valence-electron chi connectivity index (χ0n) is 17.9. The molecule has 31 heavy (non-hydrogen) atoms. The second kappa shape index (κ2) is 6.96. The summed E-state index contributed by atoms with van der Waals surface area (Å²) in [4.78, 5) is 28.2. The monoisotopic (exact) mass is 414 g/mol. The molecule has 5 rings (SSSR count). The minimum atomic E-state index is -0.312. The standard InChI is InChI=1S/C25H22N2O4/c1-14-10-17(31-4)12-18-20-21-19(11-15(2)23(20)26(13-30-3)22(14)18)24(28)27(25(21)29)16-8-6-5-7-9-16/h5-12H,13H2,1-4H3. The van der Waals surface area contributed by atoms with E-state index in [0.717, 1.165) is 32.9 Å². The van der Waals surface area contributed by atoms with Crippen LogP contribution < -0.4 is 9.64 Å². The Bertz CT molecular complexity index is 1390. The van der Waals surface area contributed by atoms with Crippen LogP contribution in [0.3, 0.4) is 0 Å². The number of rotatable bonds is 4. The van der Waals surface area contributed by atoms with E-state index >= 15 is 0 Å². The summed E-state index contributed by atoms with van der Waals surface area (Å²) in [6.45, 7) is 4.30. The van der Waals surface area contributed by atoms with Crippen molar-refractivity contribution in [2.75, 3.05) is 19.1 Å². The van der Waals surface area contributed by atoms with Crippen LogP contribution in [0, 0.1) is 13.8 Å². The fraction of sp³-hybridized carbons (Fsp3) is 0.200. The number of hydrogen-bond acceptors (Lipinski definition) is 4. The molecule has 0 N–H and O–H groups in total. The number of anilines is 1. The van der Waals surface area contributed by atoms with Crippen molar-refractivity contribution in [2.45, 2.75) is 20.6 Å². The van der Waals surface area contributed by atoms with Crippen molar-refractivity contribution in [2.24, 2.45) is 0 Å². The maximum atomic E-state index is 13.6. The molecule has 0 atom stereocenters. The molecule has 4 aromatic rings. The van der Waals surface area contributed by atoms with Gasteiger partial charge >= 0.3 is 0 Å². The first-order valence-electron chi connectivity index (χ1n) is 10.0. The third kappa shape index (κ3) is 2.61. The van der Waals surface area contributed by atoms with Gasteiger partial charge in [0.15, 0.2) is 0 Å². The third-order valence-corrected chi connectivity index (χ3v) is 5.93. The van der Waals surface area contributed by atoms with Crippen molar-refractivity contribution in [3.05, 3.63) is 70.8 Å². The van der Waals surface area contributed by atoms with Gasteiger partial charge in [0.2, 0.25) is 0 Å². The van der Waals surface area contributed by atoms with Crippen LogP contribution in [0.25, 0.3) is 21.8 Å². The van der Waals surface area contributed by atoms with Crippen molar-refractivity contribution in [3.63, 3.8) is 0 Å². The van der Waals surface area contributed by atoms with E-state index in [9.17, 15) is 9.59 Å². The zero-order chi connectivity index (χ0) is 21.9. The van der Waals surface area contributed by atoms with Crippen LogP contribution >= 0.6 is 0 Å². The number of fused-ring (bicyclic) bond motifs is 5. The maximum Gasteiger partial charge on any atom is 0.266 e. The Morgan fingerprint density at radius 2 is 1.58 bits per heavy atom. The van der Waals surface area contributed by atoms with Crippen molar-refractivity contribution in [3.8, 4) is 5.75 Å². The number of aryl methyl sites for hydroxylation is 2. The van der Waals surface area contributed by atoms with Crippen molar-refractivity contribution >= 4 is 39.3 Å². The highest BCUT2D eigenvalue weighted by atomic mass is 16.5. The molecule has 1 aromatic heterocycles. The zero-order valence-corrected chi connectivity index (χ0v) is 17.9. The van der Waals surface area contributed by atoms with E-state index in [4.69, 9.17) is 9.47 Å². The molecule has 0 spiro atoms. The molecule has 0 bridgehead atoms. The number of carbonyl (C=O) groups excluding carboxylic acids is 2. The van der Waals surface area contributed by atoms with Gasteiger partial charge in [0.25, 0.3) is 11.8 Å². The molecule has 0 unspecified atom stereocenters. The number of hydrogen-bond donors (Lipinski definition) is 0. The number of aromatic nitrogens is 1.